The fourth-order valence-corrected chi connectivity index (χ4v) is 6.47. The van der Waals surface area contributed by atoms with E-state index in [1.54, 1.807) is 18.2 Å². The molecule has 1 aromatic heterocycles. The molecule has 1 saturated carbocycles. The summed E-state index contributed by atoms with van der Waals surface area (Å²) in [4.78, 5) is 34.0. The molecule has 3 aromatic rings. The number of carbonyl (C=O) groups is 2. The van der Waals surface area contributed by atoms with Crippen molar-refractivity contribution in [1.82, 2.24) is 30.8 Å². The Labute approximate surface area is 259 Å². The number of hydrogen-bond acceptors (Lipinski definition) is 7. The molecule has 13 heteroatoms. The number of benzene rings is 2. The lowest BCUT2D eigenvalue weighted by Crippen LogP contribution is -2.51. The fourth-order valence-electron chi connectivity index (χ4n) is 6.47. The minimum atomic E-state index is -4.86. The number of halogens is 3. The average Bonchev–Trinajstić information content (AvgIpc) is 3.60. The zero-order valence-electron chi connectivity index (χ0n) is 25.8. The van der Waals surface area contributed by atoms with Crippen molar-refractivity contribution in [1.29, 1.82) is 0 Å². The summed E-state index contributed by atoms with van der Waals surface area (Å²) in [5.41, 5.74) is 0.955. The largest absolute Gasteiger partial charge is 0.573 e. The van der Waals surface area contributed by atoms with Crippen LogP contribution in [0.15, 0.2) is 53.5 Å². The number of nitrogens with one attached hydrogen (secondary N) is 2. The minimum absolute atomic E-state index is 0.0911. The van der Waals surface area contributed by atoms with Gasteiger partial charge < -0.3 is 15.0 Å². The molecule has 1 atom stereocenters. The molecule has 2 aliphatic rings. The van der Waals surface area contributed by atoms with E-state index in [-0.39, 0.29) is 41.1 Å². The third-order valence-electron chi connectivity index (χ3n) is 8.77. The highest BCUT2D eigenvalue weighted by Gasteiger charge is 2.52. The highest BCUT2D eigenvalue weighted by Crippen LogP contribution is 2.50. The van der Waals surface area contributed by atoms with Gasteiger partial charge in [0.1, 0.15) is 17.1 Å². The van der Waals surface area contributed by atoms with Gasteiger partial charge >= 0.3 is 6.36 Å². The highest BCUT2D eigenvalue weighted by molar-refractivity contribution is 6.46. The van der Waals surface area contributed by atoms with Crippen LogP contribution in [0.4, 0.5) is 13.2 Å². The zero-order valence-corrected chi connectivity index (χ0v) is 25.8. The molecule has 0 unspecified atom stereocenters. The molecular weight excluding hydrogens is 587 g/mol. The summed E-state index contributed by atoms with van der Waals surface area (Å²) in [6.45, 7) is 8.80. The van der Waals surface area contributed by atoms with Crippen molar-refractivity contribution in [2.75, 3.05) is 0 Å². The second kappa shape index (κ2) is 12.6. The second-order valence-corrected chi connectivity index (χ2v) is 12.8. The highest BCUT2D eigenvalue weighted by atomic mass is 19.4. The summed E-state index contributed by atoms with van der Waals surface area (Å²) in [6, 6.07) is 12.2. The van der Waals surface area contributed by atoms with Gasteiger partial charge in [-0.25, -0.2) is 0 Å². The predicted octanol–water partition coefficient (Wildman–Crippen LogP) is 6.13. The molecule has 2 heterocycles. The molecule has 2 aromatic carbocycles. The molecule has 2 amide bonds. The van der Waals surface area contributed by atoms with Crippen LogP contribution in [-0.4, -0.2) is 55.1 Å². The molecule has 10 nitrogen and oxygen atoms in total. The lowest BCUT2D eigenvalue weighted by Gasteiger charge is -2.47. The molecule has 0 saturated heterocycles. The van der Waals surface area contributed by atoms with E-state index in [0.29, 0.717) is 36.6 Å². The van der Waals surface area contributed by atoms with Crippen molar-refractivity contribution >= 4 is 17.5 Å². The number of aliphatic imine (C=N–C) groups is 1. The number of amides is 2. The first-order valence-electron chi connectivity index (χ1n) is 15.2. The Morgan fingerprint density at radius 2 is 1.84 bits per heavy atom. The summed E-state index contributed by atoms with van der Waals surface area (Å²) in [5.74, 6) is -0.239. The summed E-state index contributed by atoms with van der Waals surface area (Å²) < 4.78 is 43.2. The number of H-pyrrole nitrogens is 1. The Morgan fingerprint density at radius 1 is 1.13 bits per heavy atom. The topological polar surface area (TPSA) is 125 Å². The number of carbonyl (C=O) groups excluding carboxylic acids is 2. The van der Waals surface area contributed by atoms with Crippen molar-refractivity contribution in [2.45, 2.75) is 90.8 Å². The normalized spacial score (nSPS) is 21.1. The van der Waals surface area contributed by atoms with Crippen LogP contribution in [0.5, 0.6) is 5.75 Å². The molecule has 5 rings (SSSR count). The van der Waals surface area contributed by atoms with E-state index in [1.807, 2.05) is 24.0 Å². The second-order valence-electron chi connectivity index (χ2n) is 12.8. The first-order chi connectivity index (χ1) is 21.3. The Bertz CT molecular complexity index is 1520. The van der Waals surface area contributed by atoms with Crippen LogP contribution in [0.25, 0.3) is 0 Å². The van der Waals surface area contributed by atoms with Crippen molar-refractivity contribution in [3.8, 4) is 5.75 Å². The quantitative estimate of drug-likeness (QED) is 0.295. The molecule has 1 aliphatic carbocycles. The number of tetrazole rings is 1. The van der Waals surface area contributed by atoms with E-state index in [1.165, 1.54) is 18.2 Å². The molecule has 0 radical (unpaired) electrons. The van der Waals surface area contributed by atoms with Gasteiger partial charge in [0.05, 0.1) is 12.6 Å². The van der Waals surface area contributed by atoms with E-state index in [9.17, 15) is 22.8 Å². The maximum atomic E-state index is 14.4. The standard InChI is InChI=1S/C32H38F3N7O3/c1-5-7-25(20-10-12-21(13-11-20)28(43)36-19-26-38-40-41-39-26)42-29(44)27(22-8-6-9-24(18-22)45-32(33,34)35)37-31(42)16-14-23(15-17-31)30(2,3)4/h6,8-13,18,23,25H,5,7,14-17,19H2,1-4H3,(H,36,43)(H,38,39,40,41)/t23?,25-,31?/m1/s1. The Kier molecular flexibility index (Phi) is 8.99. The average molecular weight is 626 g/mol. The van der Waals surface area contributed by atoms with Crippen LogP contribution in [0.2, 0.25) is 0 Å². The van der Waals surface area contributed by atoms with Gasteiger partial charge in [0, 0.05) is 11.1 Å². The molecule has 45 heavy (non-hydrogen) atoms. The Hall–Kier alpha value is -4.29. The van der Waals surface area contributed by atoms with E-state index in [4.69, 9.17) is 4.99 Å². The fraction of sp³-hybridized carbons (Fsp3) is 0.500. The first kappa shape index (κ1) is 32.1. The van der Waals surface area contributed by atoms with Gasteiger partial charge in [0.2, 0.25) is 0 Å². The van der Waals surface area contributed by atoms with E-state index in [2.05, 4.69) is 51.4 Å². The van der Waals surface area contributed by atoms with Gasteiger partial charge in [-0.3, -0.25) is 14.6 Å². The molecule has 1 fully saturated rings. The number of rotatable bonds is 9. The number of aromatic amines is 1. The molecule has 1 spiro atoms. The van der Waals surface area contributed by atoms with Crippen LogP contribution in [0.1, 0.15) is 99.6 Å². The van der Waals surface area contributed by atoms with E-state index < -0.39 is 17.8 Å². The third-order valence-corrected chi connectivity index (χ3v) is 8.77. The molecule has 2 N–H and O–H groups in total. The van der Waals surface area contributed by atoms with Gasteiger partial charge in [0.15, 0.2) is 5.82 Å². The van der Waals surface area contributed by atoms with Crippen LogP contribution in [0, 0.1) is 11.3 Å². The summed E-state index contributed by atoms with van der Waals surface area (Å²) in [5, 5.41) is 16.2. The Morgan fingerprint density at radius 3 is 2.44 bits per heavy atom. The predicted molar refractivity (Wildman–Crippen MR) is 160 cm³/mol. The summed E-state index contributed by atoms with van der Waals surface area (Å²) in [7, 11) is 0. The van der Waals surface area contributed by atoms with Gasteiger partial charge in [-0.1, -0.05) is 63.6 Å². The monoisotopic (exact) mass is 625 g/mol. The number of hydrogen-bond donors (Lipinski definition) is 2. The van der Waals surface area contributed by atoms with Crippen molar-refractivity contribution < 1.29 is 27.5 Å². The Balaban J connectivity index is 1.47. The third kappa shape index (κ3) is 7.18. The molecular formula is C32H38F3N7O3. The molecule has 1 aliphatic heterocycles. The molecule has 0 bridgehead atoms. The smallest absolute Gasteiger partial charge is 0.406 e. The van der Waals surface area contributed by atoms with Crippen molar-refractivity contribution in [3.63, 3.8) is 0 Å². The zero-order chi connectivity index (χ0) is 32.4. The lowest BCUT2D eigenvalue weighted by atomic mass is 9.69. The van der Waals surface area contributed by atoms with Gasteiger partial charge in [0.25, 0.3) is 11.8 Å². The number of alkyl halides is 3. The van der Waals surface area contributed by atoms with Crippen LogP contribution in [-0.2, 0) is 11.3 Å². The summed E-state index contributed by atoms with van der Waals surface area (Å²) in [6.07, 6.45) is -0.453. The first-order valence-corrected chi connectivity index (χ1v) is 15.2. The van der Waals surface area contributed by atoms with E-state index >= 15 is 0 Å². The van der Waals surface area contributed by atoms with Gasteiger partial charge in [-0.2, -0.15) is 5.21 Å². The van der Waals surface area contributed by atoms with Crippen molar-refractivity contribution in [3.05, 3.63) is 71.0 Å². The summed E-state index contributed by atoms with van der Waals surface area (Å²) >= 11 is 0. The number of aromatic nitrogens is 4. The van der Waals surface area contributed by atoms with Crippen LogP contribution < -0.4 is 10.1 Å². The molecule has 240 valence electrons. The maximum Gasteiger partial charge on any atom is 0.573 e. The SMILES string of the molecule is CCC[C@H](c1ccc(C(=O)NCc2nn[nH]n2)cc1)N1C(=O)C(c2cccc(OC(F)(F)F)c2)=NC12CCC(C(C)(C)C)CC2. The van der Waals surface area contributed by atoms with Crippen LogP contribution in [0.3, 0.4) is 0 Å². The van der Waals surface area contributed by atoms with E-state index in [0.717, 1.165) is 24.8 Å². The van der Waals surface area contributed by atoms with Gasteiger partial charge in [-0.15, -0.1) is 23.4 Å². The van der Waals surface area contributed by atoms with Crippen LogP contribution >= 0.6 is 0 Å². The number of nitrogens with zero attached hydrogens (tertiary/aromatic N) is 5. The van der Waals surface area contributed by atoms with Crippen molar-refractivity contribution in [2.24, 2.45) is 16.3 Å². The lowest BCUT2D eigenvalue weighted by molar-refractivity contribution is -0.274. The maximum absolute atomic E-state index is 14.4. The van der Waals surface area contributed by atoms with Gasteiger partial charge in [-0.05, 0) is 73.3 Å². The number of ether oxygens (including phenoxy) is 1. The minimum Gasteiger partial charge on any atom is -0.406 e.